The third kappa shape index (κ3) is 3.16. The number of carbonyl (C=O) groups excluding carboxylic acids is 1. The number of fused-ring (bicyclic) bond motifs is 1. The minimum absolute atomic E-state index is 0.00877. The van der Waals surface area contributed by atoms with Crippen LogP contribution in [0.15, 0.2) is 18.2 Å². The summed E-state index contributed by atoms with van der Waals surface area (Å²) in [6.45, 7) is 3.16. The van der Waals surface area contributed by atoms with E-state index in [1.54, 1.807) is 7.11 Å². The maximum Gasteiger partial charge on any atom is 0.240 e. The van der Waals surface area contributed by atoms with Gasteiger partial charge < -0.3 is 14.8 Å². The van der Waals surface area contributed by atoms with E-state index in [2.05, 4.69) is 21.7 Å². The molecule has 0 aliphatic carbocycles. The minimum Gasteiger partial charge on any atom is -0.497 e. The lowest BCUT2D eigenvalue weighted by molar-refractivity contribution is -0.123. The van der Waals surface area contributed by atoms with E-state index in [0.29, 0.717) is 13.2 Å². The molecule has 7 nitrogen and oxygen atoms in total. The molecule has 2 aliphatic rings. The molecule has 0 spiro atoms. The van der Waals surface area contributed by atoms with Crippen LogP contribution in [-0.2, 0) is 11.2 Å². The number of ether oxygens (including phenoxy) is 2. The van der Waals surface area contributed by atoms with E-state index in [1.165, 1.54) is 0 Å². The van der Waals surface area contributed by atoms with E-state index >= 15 is 0 Å². The minimum atomic E-state index is -0.263. The van der Waals surface area contributed by atoms with E-state index < -0.39 is 0 Å². The zero-order valence-electron chi connectivity index (χ0n) is 12.8. The van der Waals surface area contributed by atoms with Crippen LogP contribution >= 0.6 is 0 Å². The fourth-order valence-electron chi connectivity index (χ4n) is 2.76. The van der Waals surface area contributed by atoms with Crippen molar-refractivity contribution in [3.8, 4) is 11.5 Å². The molecule has 7 heteroatoms. The Kier molecular flexibility index (Phi) is 4.47. The SMILES string of the molecule is COc1ccc2c(c1)OCC(CNC(=O)C1NNNC1C)C2. The zero-order chi connectivity index (χ0) is 15.5. The van der Waals surface area contributed by atoms with Gasteiger partial charge in [0.25, 0.3) is 0 Å². The molecular formula is C15H22N4O3. The molecule has 120 valence electrons. The lowest BCUT2D eigenvalue weighted by atomic mass is 9.96. The summed E-state index contributed by atoms with van der Waals surface area (Å²) in [5.41, 5.74) is 9.78. The van der Waals surface area contributed by atoms with Crippen molar-refractivity contribution in [3.05, 3.63) is 23.8 Å². The van der Waals surface area contributed by atoms with Gasteiger partial charge in [-0.3, -0.25) is 4.79 Å². The van der Waals surface area contributed by atoms with Gasteiger partial charge >= 0.3 is 0 Å². The molecular weight excluding hydrogens is 284 g/mol. The molecule has 1 aromatic carbocycles. The largest absolute Gasteiger partial charge is 0.497 e. The quantitative estimate of drug-likeness (QED) is 0.613. The van der Waals surface area contributed by atoms with Crippen LogP contribution in [0.1, 0.15) is 12.5 Å². The van der Waals surface area contributed by atoms with Gasteiger partial charge in [0.15, 0.2) is 0 Å². The van der Waals surface area contributed by atoms with Crippen molar-refractivity contribution in [2.45, 2.75) is 25.4 Å². The van der Waals surface area contributed by atoms with Gasteiger partial charge in [0.05, 0.1) is 13.7 Å². The van der Waals surface area contributed by atoms with Crippen LogP contribution in [0.25, 0.3) is 0 Å². The molecule has 0 bridgehead atoms. The fraction of sp³-hybridized carbons (Fsp3) is 0.533. The molecule has 0 radical (unpaired) electrons. The van der Waals surface area contributed by atoms with Gasteiger partial charge in [-0.05, 0) is 25.0 Å². The summed E-state index contributed by atoms with van der Waals surface area (Å²) in [5, 5.41) is 2.99. The predicted molar refractivity (Wildman–Crippen MR) is 81.3 cm³/mol. The van der Waals surface area contributed by atoms with Crippen LogP contribution in [0.5, 0.6) is 11.5 Å². The third-order valence-corrected chi connectivity index (χ3v) is 4.13. The van der Waals surface area contributed by atoms with E-state index in [1.807, 2.05) is 25.1 Å². The lowest BCUT2D eigenvalue weighted by Gasteiger charge is -2.26. The van der Waals surface area contributed by atoms with Crippen molar-refractivity contribution in [1.82, 2.24) is 21.7 Å². The molecule has 1 amide bonds. The molecule has 3 atom stereocenters. The van der Waals surface area contributed by atoms with Gasteiger partial charge in [-0.2, -0.15) is 5.53 Å². The van der Waals surface area contributed by atoms with Crippen LogP contribution < -0.4 is 31.2 Å². The van der Waals surface area contributed by atoms with Crippen LogP contribution in [0, 0.1) is 5.92 Å². The van der Waals surface area contributed by atoms with Gasteiger partial charge in [0, 0.05) is 24.6 Å². The average Bonchev–Trinajstić information content (AvgIpc) is 2.98. The summed E-state index contributed by atoms with van der Waals surface area (Å²) in [6.07, 6.45) is 0.893. The number of amides is 1. The number of methoxy groups -OCH3 is 1. The summed E-state index contributed by atoms with van der Waals surface area (Å²) in [4.78, 5) is 12.1. The average molecular weight is 306 g/mol. The van der Waals surface area contributed by atoms with Crippen molar-refractivity contribution < 1.29 is 14.3 Å². The van der Waals surface area contributed by atoms with Crippen molar-refractivity contribution in [3.63, 3.8) is 0 Å². The van der Waals surface area contributed by atoms with Crippen molar-refractivity contribution >= 4 is 5.91 Å². The molecule has 0 saturated carbocycles. The Bertz CT molecular complexity index is 552. The van der Waals surface area contributed by atoms with Crippen LogP contribution in [0.4, 0.5) is 0 Å². The monoisotopic (exact) mass is 306 g/mol. The summed E-state index contributed by atoms with van der Waals surface area (Å²) in [6, 6.07) is 5.66. The second-order valence-electron chi connectivity index (χ2n) is 5.78. The van der Waals surface area contributed by atoms with Crippen molar-refractivity contribution in [2.75, 3.05) is 20.3 Å². The number of hydrogen-bond donors (Lipinski definition) is 4. The number of carbonyl (C=O) groups is 1. The Morgan fingerprint density at radius 3 is 3.05 bits per heavy atom. The Morgan fingerprint density at radius 1 is 1.45 bits per heavy atom. The Labute approximate surface area is 129 Å². The standard InChI is InChI=1S/C15H22N4O3/c1-9-14(18-19-17-9)15(20)16-7-10-5-11-3-4-12(21-2)6-13(11)22-8-10/h3-4,6,9-10,14,17-19H,5,7-8H2,1-2H3,(H,16,20). The molecule has 4 N–H and O–H groups in total. The first-order chi connectivity index (χ1) is 10.7. The normalized spacial score (nSPS) is 26.9. The number of nitrogens with one attached hydrogen (secondary N) is 4. The van der Waals surface area contributed by atoms with Gasteiger partial charge in [0.2, 0.25) is 5.91 Å². The van der Waals surface area contributed by atoms with E-state index in [9.17, 15) is 4.79 Å². The Balaban J connectivity index is 1.53. The van der Waals surface area contributed by atoms with Crippen molar-refractivity contribution in [1.29, 1.82) is 0 Å². The number of hydrazine groups is 2. The zero-order valence-corrected chi connectivity index (χ0v) is 12.8. The van der Waals surface area contributed by atoms with E-state index in [-0.39, 0.29) is 23.9 Å². The maximum atomic E-state index is 12.1. The smallest absolute Gasteiger partial charge is 0.240 e. The van der Waals surface area contributed by atoms with Gasteiger partial charge in [-0.25, -0.2) is 10.9 Å². The first-order valence-electron chi connectivity index (χ1n) is 7.51. The third-order valence-electron chi connectivity index (χ3n) is 4.13. The Hall–Kier alpha value is -1.83. The fourth-order valence-corrected chi connectivity index (χ4v) is 2.76. The molecule has 22 heavy (non-hydrogen) atoms. The molecule has 1 fully saturated rings. The van der Waals surface area contributed by atoms with Crippen LogP contribution in [0.3, 0.4) is 0 Å². The highest BCUT2D eigenvalue weighted by Crippen LogP contribution is 2.30. The number of benzene rings is 1. The van der Waals surface area contributed by atoms with Gasteiger partial charge in [0.1, 0.15) is 17.5 Å². The molecule has 3 unspecified atom stereocenters. The topological polar surface area (TPSA) is 83.7 Å². The molecule has 3 rings (SSSR count). The number of hydrogen-bond acceptors (Lipinski definition) is 6. The number of rotatable bonds is 4. The highest BCUT2D eigenvalue weighted by atomic mass is 16.5. The first kappa shape index (κ1) is 15.1. The second kappa shape index (κ2) is 6.51. The van der Waals surface area contributed by atoms with E-state index in [0.717, 1.165) is 23.5 Å². The van der Waals surface area contributed by atoms with E-state index in [4.69, 9.17) is 9.47 Å². The van der Waals surface area contributed by atoms with Crippen molar-refractivity contribution in [2.24, 2.45) is 5.92 Å². The summed E-state index contributed by atoms with van der Waals surface area (Å²) >= 11 is 0. The molecule has 0 aromatic heterocycles. The molecule has 1 aromatic rings. The first-order valence-corrected chi connectivity index (χ1v) is 7.51. The molecule has 1 saturated heterocycles. The highest BCUT2D eigenvalue weighted by molar-refractivity contribution is 5.82. The molecule has 2 aliphatic heterocycles. The molecule has 2 heterocycles. The Morgan fingerprint density at radius 2 is 2.32 bits per heavy atom. The van der Waals surface area contributed by atoms with Crippen LogP contribution in [-0.4, -0.2) is 38.3 Å². The van der Waals surface area contributed by atoms with Crippen LogP contribution in [0.2, 0.25) is 0 Å². The second-order valence-corrected chi connectivity index (χ2v) is 5.78. The van der Waals surface area contributed by atoms with Gasteiger partial charge in [-0.15, -0.1) is 0 Å². The lowest BCUT2D eigenvalue weighted by Crippen LogP contribution is -2.48. The highest BCUT2D eigenvalue weighted by Gasteiger charge is 2.30. The summed E-state index contributed by atoms with van der Waals surface area (Å²) in [7, 11) is 1.64. The maximum absolute atomic E-state index is 12.1. The predicted octanol–water partition coefficient (Wildman–Crippen LogP) is -0.268. The van der Waals surface area contributed by atoms with Gasteiger partial charge in [-0.1, -0.05) is 6.07 Å². The summed E-state index contributed by atoms with van der Waals surface area (Å²) in [5.74, 6) is 1.95. The summed E-state index contributed by atoms with van der Waals surface area (Å²) < 4.78 is 11.0.